The minimum absolute atomic E-state index is 0.149. The van der Waals surface area contributed by atoms with Crippen LogP contribution in [0.25, 0.3) is 44.5 Å². The number of H-pyrrole nitrogens is 1. The molecule has 0 spiro atoms. The number of para-hydroxylation sites is 1. The molecule has 4 aromatic carbocycles. The lowest BCUT2D eigenvalue weighted by atomic mass is 10.0. The summed E-state index contributed by atoms with van der Waals surface area (Å²) in [5.74, 6) is -1.59. The zero-order valence-electron chi connectivity index (χ0n) is 22.7. The predicted octanol–water partition coefficient (Wildman–Crippen LogP) is 6.49. The van der Waals surface area contributed by atoms with Crippen LogP contribution in [0, 0.1) is 13.8 Å². The number of benzene rings is 4. The zero-order chi connectivity index (χ0) is 28.5. The molecule has 7 nitrogen and oxygen atoms in total. The van der Waals surface area contributed by atoms with Crippen LogP contribution < -0.4 is 5.32 Å². The molecular weight excluding hydrogens is 512 g/mol. The van der Waals surface area contributed by atoms with E-state index in [0.29, 0.717) is 22.3 Å². The summed E-state index contributed by atoms with van der Waals surface area (Å²) in [4.78, 5) is 38.5. The Bertz CT molecular complexity index is 1910. The summed E-state index contributed by atoms with van der Waals surface area (Å²) in [5.41, 5.74) is 8.86. The number of aryl methyl sites for hydroxylation is 2. The van der Waals surface area contributed by atoms with Crippen molar-refractivity contribution in [2.45, 2.75) is 26.3 Å². The van der Waals surface area contributed by atoms with E-state index < -0.39 is 17.9 Å². The zero-order valence-corrected chi connectivity index (χ0v) is 22.7. The molecule has 2 heterocycles. The Morgan fingerprint density at radius 1 is 0.805 bits per heavy atom. The van der Waals surface area contributed by atoms with Gasteiger partial charge in [-0.05, 0) is 43.7 Å². The van der Waals surface area contributed by atoms with Crippen molar-refractivity contribution in [1.82, 2.24) is 20.3 Å². The van der Waals surface area contributed by atoms with Gasteiger partial charge in [0.25, 0.3) is 5.91 Å². The van der Waals surface area contributed by atoms with Crippen LogP contribution in [0.5, 0.6) is 0 Å². The fraction of sp³-hybridized carbons (Fsp3) is 0.118. The summed E-state index contributed by atoms with van der Waals surface area (Å²) in [6, 6.07) is 27.9. The number of carboxylic acid groups (broad SMARTS) is 1. The van der Waals surface area contributed by atoms with Crippen molar-refractivity contribution in [2.24, 2.45) is 0 Å². The number of aromatic amines is 1. The molecule has 2 aromatic heterocycles. The van der Waals surface area contributed by atoms with Gasteiger partial charge in [0.1, 0.15) is 6.04 Å². The van der Waals surface area contributed by atoms with Gasteiger partial charge in [-0.15, -0.1) is 0 Å². The van der Waals surface area contributed by atoms with E-state index in [0.717, 1.165) is 44.4 Å². The number of hydrogen-bond donors (Lipinski definition) is 3. The minimum atomic E-state index is -1.10. The van der Waals surface area contributed by atoms with Gasteiger partial charge in [-0.3, -0.25) is 4.79 Å². The smallest absolute Gasteiger partial charge is 0.326 e. The van der Waals surface area contributed by atoms with Crippen LogP contribution in [-0.4, -0.2) is 38.0 Å². The number of fused-ring (bicyclic) bond motifs is 2. The molecule has 41 heavy (non-hydrogen) atoms. The molecule has 1 atom stereocenters. The Labute approximate surface area is 236 Å². The third kappa shape index (κ3) is 5.30. The largest absolute Gasteiger partial charge is 0.480 e. The highest BCUT2D eigenvalue weighted by atomic mass is 16.4. The van der Waals surface area contributed by atoms with Gasteiger partial charge in [0.15, 0.2) is 0 Å². The van der Waals surface area contributed by atoms with Gasteiger partial charge in [-0.2, -0.15) is 0 Å². The van der Waals surface area contributed by atoms with E-state index in [9.17, 15) is 14.7 Å². The van der Waals surface area contributed by atoms with Crippen molar-refractivity contribution in [2.75, 3.05) is 0 Å². The Kier molecular flexibility index (Phi) is 6.77. The maximum Gasteiger partial charge on any atom is 0.326 e. The van der Waals surface area contributed by atoms with E-state index in [4.69, 9.17) is 9.97 Å². The summed E-state index contributed by atoms with van der Waals surface area (Å²) in [6.45, 7) is 4.07. The summed E-state index contributed by atoms with van der Waals surface area (Å²) in [7, 11) is 0. The SMILES string of the molecule is Cc1ccc(-c2nc3ccc(C(=O)N[C@@H](Cc4c[nH]c5ccccc45)C(=O)O)cc3nc2-c2ccc(C)cc2)cc1. The van der Waals surface area contributed by atoms with Crippen molar-refractivity contribution >= 4 is 33.8 Å². The summed E-state index contributed by atoms with van der Waals surface area (Å²) < 4.78 is 0. The number of amides is 1. The molecule has 6 aromatic rings. The van der Waals surface area contributed by atoms with Gasteiger partial charge in [0.2, 0.25) is 0 Å². The quantitative estimate of drug-likeness (QED) is 0.215. The van der Waals surface area contributed by atoms with Crippen LogP contribution in [0.4, 0.5) is 0 Å². The molecule has 0 aliphatic carbocycles. The van der Waals surface area contributed by atoms with Gasteiger partial charge in [-0.1, -0.05) is 77.9 Å². The topological polar surface area (TPSA) is 108 Å². The molecule has 0 aliphatic rings. The number of carboxylic acids is 1. The number of aromatic nitrogens is 3. The number of carbonyl (C=O) groups is 2. The number of hydrogen-bond acceptors (Lipinski definition) is 4. The molecule has 0 bridgehead atoms. The number of nitrogens with one attached hydrogen (secondary N) is 2. The van der Waals surface area contributed by atoms with Crippen LogP contribution in [-0.2, 0) is 11.2 Å². The number of rotatable bonds is 7. The molecule has 6 rings (SSSR count). The Morgan fingerprint density at radius 2 is 1.41 bits per heavy atom. The second-order valence-corrected chi connectivity index (χ2v) is 10.3. The van der Waals surface area contributed by atoms with Crippen LogP contribution in [0.3, 0.4) is 0 Å². The lowest BCUT2D eigenvalue weighted by Gasteiger charge is -2.15. The molecule has 1 amide bonds. The second-order valence-electron chi connectivity index (χ2n) is 10.3. The van der Waals surface area contributed by atoms with Crippen molar-refractivity contribution < 1.29 is 14.7 Å². The molecule has 0 saturated heterocycles. The van der Waals surface area contributed by atoms with Crippen LogP contribution in [0.15, 0.2) is 97.2 Å². The van der Waals surface area contributed by atoms with Gasteiger partial charge in [-0.25, -0.2) is 14.8 Å². The van der Waals surface area contributed by atoms with E-state index in [1.54, 1.807) is 24.4 Å². The maximum atomic E-state index is 13.3. The van der Waals surface area contributed by atoms with Crippen molar-refractivity contribution in [3.05, 3.63) is 119 Å². The van der Waals surface area contributed by atoms with Gasteiger partial charge in [0.05, 0.1) is 22.4 Å². The predicted molar refractivity (Wildman–Crippen MR) is 161 cm³/mol. The van der Waals surface area contributed by atoms with E-state index in [1.807, 2.05) is 86.6 Å². The average Bonchev–Trinajstić information content (AvgIpc) is 3.39. The molecule has 202 valence electrons. The normalized spacial score (nSPS) is 12.0. The molecule has 0 aliphatic heterocycles. The third-order valence-electron chi connectivity index (χ3n) is 7.28. The number of carbonyl (C=O) groups excluding carboxylic acids is 1. The van der Waals surface area contributed by atoms with Gasteiger partial charge < -0.3 is 15.4 Å². The molecular formula is C34H28N4O3. The van der Waals surface area contributed by atoms with E-state index >= 15 is 0 Å². The Hall–Kier alpha value is -5.30. The van der Waals surface area contributed by atoms with Gasteiger partial charge in [0, 0.05) is 40.2 Å². The molecule has 0 unspecified atom stereocenters. The van der Waals surface area contributed by atoms with Crippen molar-refractivity contribution in [1.29, 1.82) is 0 Å². The maximum absolute atomic E-state index is 13.3. The molecule has 0 radical (unpaired) electrons. The molecule has 7 heteroatoms. The highest BCUT2D eigenvalue weighted by Crippen LogP contribution is 2.31. The van der Waals surface area contributed by atoms with Crippen molar-refractivity contribution in [3.8, 4) is 22.5 Å². The lowest BCUT2D eigenvalue weighted by molar-refractivity contribution is -0.139. The van der Waals surface area contributed by atoms with Crippen LogP contribution in [0.1, 0.15) is 27.0 Å². The monoisotopic (exact) mass is 540 g/mol. The average molecular weight is 541 g/mol. The fourth-order valence-electron chi connectivity index (χ4n) is 4.98. The first kappa shape index (κ1) is 26.0. The number of nitrogens with zero attached hydrogens (tertiary/aromatic N) is 2. The van der Waals surface area contributed by atoms with E-state index in [2.05, 4.69) is 10.3 Å². The second kappa shape index (κ2) is 10.7. The van der Waals surface area contributed by atoms with Gasteiger partial charge >= 0.3 is 5.97 Å². The van der Waals surface area contributed by atoms with E-state index in [-0.39, 0.29) is 6.42 Å². The number of aliphatic carboxylic acids is 1. The first-order valence-electron chi connectivity index (χ1n) is 13.4. The highest BCUT2D eigenvalue weighted by molar-refractivity contribution is 6.00. The van der Waals surface area contributed by atoms with Crippen LogP contribution >= 0.6 is 0 Å². The Balaban J connectivity index is 1.35. The Morgan fingerprint density at radius 3 is 2.05 bits per heavy atom. The first-order valence-corrected chi connectivity index (χ1v) is 13.4. The summed E-state index contributed by atoms with van der Waals surface area (Å²) in [5, 5.41) is 13.5. The molecule has 0 fully saturated rings. The molecule has 3 N–H and O–H groups in total. The standard InChI is InChI=1S/C34H28N4O3/c1-20-7-11-22(12-8-20)31-32(23-13-9-21(2)10-14-23)37-29-17-24(15-16-28(29)36-31)33(39)38-30(34(40)41)18-25-19-35-27-6-4-3-5-26(25)27/h3-17,19,30,35H,18H2,1-2H3,(H,38,39)(H,40,41)/t30-/m0/s1. The molecule has 0 saturated carbocycles. The fourth-order valence-corrected chi connectivity index (χ4v) is 4.98. The minimum Gasteiger partial charge on any atom is -0.480 e. The highest BCUT2D eigenvalue weighted by Gasteiger charge is 2.23. The third-order valence-corrected chi connectivity index (χ3v) is 7.28. The van der Waals surface area contributed by atoms with E-state index in [1.165, 1.54) is 0 Å². The summed E-state index contributed by atoms with van der Waals surface area (Å²) >= 11 is 0. The van der Waals surface area contributed by atoms with Crippen molar-refractivity contribution in [3.63, 3.8) is 0 Å². The van der Waals surface area contributed by atoms with Crippen LogP contribution in [0.2, 0.25) is 0 Å². The lowest BCUT2D eigenvalue weighted by Crippen LogP contribution is -2.42. The summed E-state index contributed by atoms with van der Waals surface area (Å²) in [6.07, 6.45) is 1.94. The first-order chi connectivity index (χ1) is 19.9.